The van der Waals surface area contributed by atoms with Gasteiger partial charge in [-0.1, -0.05) is 0 Å². The van der Waals surface area contributed by atoms with Crippen molar-refractivity contribution in [3.05, 3.63) is 60.1 Å². The number of allylic oxidation sites excluding steroid dienone is 1. The molecule has 1 saturated heterocycles. The zero-order valence-corrected chi connectivity index (χ0v) is 14.2. The molecule has 1 N–H and O–H groups in total. The predicted octanol–water partition coefficient (Wildman–Crippen LogP) is 2.64. The number of anilines is 1. The Balaban J connectivity index is 1.63. The van der Waals surface area contributed by atoms with Gasteiger partial charge in [0.1, 0.15) is 11.9 Å². The van der Waals surface area contributed by atoms with E-state index in [0.29, 0.717) is 23.6 Å². The van der Waals surface area contributed by atoms with Gasteiger partial charge in [0.15, 0.2) is 5.78 Å². The van der Waals surface area contributed by atoms with E-state index in [2.05, 4.69) is 5.32 Å². The van der Waals surface area contributed by atoms with E-state index < -0.39 is 12.2 Å². The van der Waals surface area contributed by atoms with E-state index in [0.717, 1.165) is 0 Å². The Bertz CT molecular complexity index is 824. The zero-order valence-electron chi connectivity index (χ0n) is 14.2. The number of amides is 2. The molecule has 0 radical (unpaired) electrons. The Morgan fingerprint density at radius 2 is 2.04 bits per heavy atom. The molecule has 0 bridgehead atoms. The van der Waals surface area contributed by atoms with Gasteiger partial charge in [0, 0.05) is 18.2 Å². The fourth-order valence-corrected chi connectivity index (χ4v) is 2.54. The molecule has 3 rings (SSSR count). The summed E-state index contributed by atoms with van der Waals surface area (Å²) < 4.78 is 10.4. The molecule has 2 amide bonds. The molecular formula is C19H18N2O5. The van der Waals surface area contributed by atoms with Crippen molar-refractivity contribution in [1.29, 1.82) is 0 Å². The maximum absolute atomic E-state index is 12.2. The van der Waals surface area contributed by atoms with Gasteiger partial charge in [-0.2, -0.15) is 0 Å². The van der Waals surface area contributed by atoms with E-state index in [4.69, 9.17) is 9.15 Å². The number of furan rings is 1. The molecule has 26 heavy (non-hydrogen) atoms. The topological polar surface area (TPSA) is 88.9 Å². The van der Waals surface area contributed by atoms with Crippen LogP contribution in [-0.2, 0) is 9.53 Å². The van der Waals surface area contributed by atoms with Gasteiger partial charge < -0.3 is 14.5 Å². The average Bonchev–Trinajstić information content (AvgIpc) is 3.27. The molecule has 7 nitrogen and oxygen atoms in total. The first-order valence-corrected chi connectivity index (χ1v) is 8.11. The van der Waals surface area contributed by atoms with E-state index in [9.17, 15) is 14.4 Å². The summed E-state index contributed by atoms with van der Waals surface area (Å²) in [5.41, 5.74) is 1.13. The van der Waals surface area contributed by atoms with Crippen LogP contribution in [0.2, 0.25) is 0 Å². The molecule has 1 aliphatic rings. The van der Waals surface area contributed by atoms with Crippen molar-refractivity contribution in [2.75, 3.05) is 18.0 Å². The standard InChI is InChI=1S/C19H18N2O5/c1-13(22)20-11-17-12-21(19(24)26-17)15-6-4-14(5-7-15)18(23)9-8-16-3-2-10-25-16/h2-10,17H,11-12H2,1H3,(H,20,22)/b9-8+/t17-/m0/s1. The van der Waals surface area contributed by atoms with Gasteiger partial charge in [-0.15, -0.1) is 0 Å². The summed E-state index contributed by atoms with van der Waals surface area (Å²) in [7, 11) is 0. The summed E-state index contributed by atoms with van der Waals surface area (Å²) in [5.74, 6) is 0.255. The third-order valence-corrected chi connectivity index (χ3v) is 3.86. The van der Waals surface area contributed by atoms with E-state index >= 15 is 0 Å². The number of carbonyl (C=O) groups is 3. The van der Waals surface area contributed by atoms with E-state index in [-0.39, 0.29) is 18.2 Å². The number of hydrogen-bond acceptors (Lipinski definition) is 5. The highest BCUT2D eigenvalue weighted by Crippen LogP contribution is 2.22. The molecule has 7 heteroatoms. The molecule has 1 aromatic heterocycles. The number of rotatable bonds is 6. The lowest BCUT2D eigenvalue weighted by molar-refractivity contribution is -0.119. The fourth-order valence-electron chi connectivity index (χ4n) is 2.54. The van der Waals surface area contributed by atoms with E-state index in [1.54, 1.807) is 42.5 Å². The Morgan fingerprint density at radius 1 is 1.27 bits per heavy atom. The van der Waals surface area contributed by atoms with Gasteiger partial charge in [0.2, 0.25) is 5.91 Å². The molecule has 1 atom stereocenters. The van der Waals surface area contributed by atoms with Crippen molar-refractivity contribution in [2.45, 2.75) is 13.0 Å². The summed E-state index contributed by atoms with van der Waals surface area (Å²) in [6.07, 6.45) is 3.69. The average molecular weight is 354 g/mol. The van der Waals surface area contributed by atoms with Crippen molar-refractivity contribution >= 4 is 29.5 Å². The van der Waals surface area contributed by atoms with Gasteiger partial charge >= 0.3 is 6.09 Å². The highest BCUT2D eigenvalue weighted by molar-refractivity contribution is 6.07. The van der Waals surface area contributed by atoms with Gasteiger partial charge in [0.25, 0.3) is 0 Å². The lowest BCUT2D eigenvalue weighted by atomic mass is 10.1. The number of ether oxygens (including phenoxy) is 1. The predicted molar refractivity (Wildman–Crippen MR) is 94.8 cm³/mol. The molecule has 0 saturated carbocycles. The van der Waals surface area contributed by atoms with Gasteiger partial charge in [0.05, 0.1) is 19.4 Å². The van der Waals surface area contributed by atoms with Gasteiger partial charge in [-0.3, -0.25) is 14.5 Å². The molecule has 1 aliphatic heterocycles. The van der Waals surface area contributed by atoms with Crippen LogP contribution in [0.3, 0.4) is 0 Å². The first kappa shape index (κ1) is 17.5. The lowest BCUT2D eigenvalue weighted by Gasteiger charge is -2.13. The van der Waals surface area contributed by atoms with Crippen LogP contribution < -0.4 is 10.2 Å². The highest BCUT2D eigenvalue weighted by Gasteiger charge is 2.32. The highest BCUT2D eigenvalue weighted by atomic mass is 16.6. The first-order valence-electron chi connectivity index (χ1n) is 8.11. The van der Waals surface area contributed by atoms with E-state index in [1.807, 2.05) is 0 Å². The minimum Gasteiger partial charge on any atom is -0.465 e. The Morgan fingerprint density at radius 3 is 2.69 bits per heavy atom. The smallest absolute Gasteiger partial charge is 0.414 e. The van der Waals surface area contributed by atoms with Crippen LogP contribution in [0, 0.1) is 0 Å². The zero-order chi connectivity index (χ0) is 18.5. The maximum atomic E-state index is 12.2. The second-order valence-corrected chi connectivity index (χ2v) is 5.81. The van der Waals surface area contributed by atoms with Gasteiger partial charge in [-0.25, -0.2) is 4.79 Å². The monoisotopic (exact) mass is 354 g/mol. The van der Waals surface area contributed by atoms with Crippen molar-refractivity contribution in [3.63, 3.8) is 0 Å². The molecule has 0 spiro atoms. The first-order chi connectivity index (χ1) is 12.5. The molecular weight excluding hydrogens is 336 g/mol. The number of benzene rings is 1. The Hall–Kier alpha value is -3.35. The largest absolute Gasteiger partial charge is 0.465 e. The Labute approximate surface area is 150 Å². The number of ketones is 1. The summed E-state index contributed by atoms with van der Waals surface area (Å²) in [4.78, 5) is 36.6. The maximum Gasteiger partial charge on any atom is 0.414 e. The normalized spacial score (nSPS) is 16.7. The summed E-state index contributed by atoms with van der Waals surface area (Å²) in [6.45, 7) is 2.02. The van der Waals surface area contributed by atoms with Crippen LogP contribution in [-0.4, -0.2) is 37.0 Å². The lowest BCUT2D eigenvalue weighted by Crippen LogP contribution is -2.33. The SMILES string of the molecule is CC(=O)NC[C@H]1CN(c2ccc(C(=O)/C=C/c3ccco3)cc2)C(=O)O1. The number of nitrogens with zero attached hydrogens (tertiary/aromatic N) is 1. The number of hydrogen-bond donors (Lipinski definition) is 1. The minimum atomic E-state index is -0.475. The van der Waals surface area contributed by atoms with Crippen LogP contribution in [0.25, 0.3) is 6.08 Å². The molecule has 1 aromatic carbocycles. The molecule has 1 fully saturated rings. The quantitative estimate of drug-likeness (QED) is 0.636. The second kappa shape index (κ2) is 7.69. The van der Waals surface area contributed by atoms with Crippen molar-refractivity contribution < 1.29 is 23.5 Å². The third-order valence-electron chi connectivity index (χ3n) is 3.86. The van der Waals surface area contributed by atoms with Crippen LogP contribution in [0.1, 0.15) is 23.0 Å². The van der Waals surface area contributed by atoms with Crippen LogP contribution >= 0.6 is 0 Å². The van der Waals surface area contributed by atoms with E-state index in [1.165, 1.54) is 24.2 Å². The fraction of sp³-hybridized carbons (Fsp3) is 0.211. The number of carbonyl (C=O) groups excluding carboxylic acids is 3. The second-order valence-electron chi connectivity index (χ2n) is 5.81. The third kappa shape index (κ3) is 4.18. The molecule has 2 heterocycles. The van der Waals surface area contributed by atoms with Crippen LogP contribution in [0.4, 0.5) is 10.5 Å². The summed E-state index contributed by atoms with van der Waals surface area (Å²) in [6, 6.07) is 10.2. The summed E-state index contributed by atoms with van der Waals surface area (Å²) >= 11 is 0. The minimum absolute atomic E-state index is 0.166. The number of nitrogens with one attached hydrogen (secondary N) is 1. The summed E-state index contributed by atoms with van der Waals surface area (Å²) in [5, 5.41) is 2.63. The molecule has 0 aliphatic carbocycles. The van der Waals surface area contributed by atoms with Crippen molar-refractivity contribution in [3.8, 4) is 0 Å². The Kier molecular flexibility index (Phi) is 5.17. The van der Waals surface area contributed by atoms with Crippen molar-refractivity contribution in [2.24, 2.45) is 0 Å². The molecule has 134 valence electrons. The molecule has 0 unspecified atom stereocenters. The molecule has 2 aromatic rings. The van der Waals surface area contributed by atoms with Gasteiger partial charge in [-0.05, 0) is 48.6 Å². The number of cyclic esters (lactones) is 1. The van der Waals surface area contributed by atoms with Crippen LogP contribution in [0.5, 0.6) is 0 Å². The van der Waals surface area contributed by atoms with Crippen LogP contribution in [0.15, 0.2) is 53.2 Å². The van der Waals surface area contributed by atoms with Crippen molar-refractivity contribution in [1.82, 2.24) is 5.32 Å².